The number of ether oxygens (including phenoxy) is 1. The summed E-state index contributed by atoms with van der Waals surface area (Å²) in [6, 6.07) is 3.74. The van der Waals surface area contributed by atoms with Crippen molar-refractivity contribution < 1.29 is 14.3 Å². The lowest BCUT2D eigenvalue weighted by Crippen LogP contribution is -2.27. The molecule has 5 heteroatoms. The Morgan fingerprint density at radius 3 is 3.00 bits per heavy atom. The van der Waals surface area contributed by atoms with Gasteiger partial charge in [0.1, 0.15) is 0 Å². The van der Waals surface area contributed by atoms with Crippen LogP contribution in [0.4, 0.5) is 5.69 Å². The molecule has 0 bridgehead atoms. The van der Waals surface area contributed by atoms with Gasteiger partial charge in [0.25, 0.3) is 5.91 Å². The Labute approximate surface area is 111 Å². The van der Waals surface area contributed by atoms with Crippen LogP contribution in [0.3, 0.4) is 0 Å². The van der Waals surface area contributed by atoms with Crippen molar-refractivity contribution in [3.05, 3.63) is 28.8 Å². The van der Waals surface area contributed by atoms with Crippen LogP contribution in [0.5, 0.6) is 0 Å². The molecule has 2 aliphatic heterocycles. The van der Waals surface area contributed by atoms with Gasteiger partial charge < -0.3 is 15.0 Å². The standard InChI is InChI=1S/C14H16N2O3/c1-19-5-3-15-14(18)11-6-9-2-4-16-12(17)8-10(7-11)13(9)16/h6-7H,2-5,8H2,1H3,(H,15,18). The Morgan fingerprint density at radius 2 is 2.21 bits per heavy atom. The molecule has 0 atom stereocenters. The molecule has 0 unspecified atom stereocenters. The van der Waals surface area contributed by atoms with Gasteiger partial charge in [-0.15, -0.1) is 0 Å². The summed E-state index contributed by atoms with van der Waals surface area (Å²) < 4.78 is 4.90. The predicted molar refractivity (Wildman–Crippen MR) is 70.4 cm³/mol. The van der Waals surface area contributed by atoms with Crippen LogP contribution in [0.1, 0.15) is 21.5 Å². The Balaban J connectivity index is 1.84. The molecule has 0 aromatic heterocycles. The summed E-state index contributed by atoms with van der Waals surface area (Å²) in [5.74, 6) is 0.0413. The topological polar surface area (TPSA) is 58.6 Å². The summed E-state index contributed by atoms with van der Waals surface area (Å²) >= 11 is 0. The van der Waals surface area contributed by atoms with Gasteiger partial charge in [0.05, 0.1) is 18.7 Å². The van der Waals surface area contributed by atoms with E-state index in [4.69, 9.17) is 4.74 Å². The first-order chi connectivity index (χ1) is 9.20. The molecule has 0 radical (unpaired) electrons. The molecule has 0 aliphatic carbocycles. The first-order valence-electron chi connectivity index (χ1n) is 6.44. The summed E-state index contributed by atoms with van der Waals surface area (Å²) in [5.41, 5.74) is 3.77. The van der Waals surface area contributed by atoms with Crippen LogP contribution < -0.4 is 10.2 Å². The van der Waals surface area contributed by atoms with Gasteiger partial charge >= 0.3 is 0 Å². The second-order valence-electron chi connectivity index (χ2n) is 4.86. The minimum absolute atomic E-state index is 0.103. The van der Waals surface area contributed by atoms with Crippen molar-refractivity contribution in [2.24, 2.45) is 0 Å². The van der Waals surface area contributed by atoms with Gasteiger partial charge in [-0.1, -0.05) is 0 Å². The molecule has 1 N–H and O–H groups in total. The van der Waals surface area contributed by atoms with E-state index in [0.29, 0.717) is 25.1 Å². The fourth-order valence-electron chi connectivity index (χ4n) is 2.78. The largest absolute Gasteiger partial charge is 0.383 e. The molecule has 1 aromatic rings. The number of anilines is 1. The zero-order valence-electron chi connectivity index (χ0n) is 10.9. The van der Waals surface area contributed by atoms with E-state index in [0.717, 1.165) is 29.8 Å². The monoisotopic (exact) mass is 260 g/mol. The fraction of sp³-hybridized carbons (Fsp3) is 0.429. The van der Waals surface area contributed by atoms with Gasteiger partial charge in [0.15, 0.2) is 0 Å². The lowest BCUT2D eigenvalue weighted by molar-refractivity contribution is -0.117. The van der Waals surface area contributed by atoms with Crippen LogP contribution in [-0.2, 0) is 22.4 Å². The van der Waals surface area contributed by atoms with Crippen molar-refractivity contribution in [3.63, 3.8) is 0 Å². The Bertz CT molecular complexity index is 554. The molecule has 100 valence electrons. The van der Waals surface area contributed by atoms with E-state index >= 15 is 0 Å². The lowest BCUT2D eigenvalue weighted by Gasteiger charge is -2.10. The number of carbonyl (C=O) groups is 2. The fourth-order valence-corrected chi connectivity index (χ4v) is 2.78. The summed E-state index contributed by atoms with van der Waals surface area (Å²) in [5, 5.41) is 2.80. The van der Waals surface area contributed by atoms with Gasteiger partial charge in [-0.2, -0.15) is 0 Å². The minimum Gasteiger partial charge on any atom is -0.383 e. The number of benzene rings is 1. The third-order valence-corrected chi connectivity index (χ3v) is 3.64. The van der Waals surface area contributed by atoms with E-state index in [1.54, 1.807) is 7.11 Å². The number of methoxy groups -OCH3 is 1. The van der Waals surface area contributed by atoms with Crippen molar-refractivity contribution in [2.45, 2.75) is 12.8 Å². The summed E-state index contributed by atoms with van der Waals surface area (Å²) in [4.78, 5) is 25.6. The third kappa shape index (κ3) is 2.00. The average molecular weight is 260 g/mol. The van der Waals surface area contributed by atoms with Crippen molar-refractivity contribution in [2.75, 3.05) is 31.7 Å². The summed E-state index contributed by atoms with van der Waals surface area (Å²) in [6.45, 7) is 1.73. The molecule has 1 aromatic carbocycles. The maximum absolute atomic E-state index is 12.0. The summed E-state index contributed by atoms with van der Waals surface area (Å²) in [7, 11) is 1.60. The van der Waals surface area contributed by atoms with Gasteiger partial charge in [-0.3, -0.25) is 9.59 Å². The molecule has 5 nitrogen and oxygen atoms in total. The third-order valence-electron chi connectivity index (χ3n) is 3.64. The molecule has 0 spiro atoms. The van der Waals surface area contributed by atoms with Crippen LogP contribution in [-0.4, -0.2) is 38.6 Å². The highest BCUT2D eigenvalue weighted by atomic mass is 16.5. The first kappa shape index (κ1) is 12.2. The van der Waals surface area contributed by atoms with Gasteiger partial charge in [0.2, 0.25) is 5.91 Å². The maximum Gasteiger partial charge on any atom is 0.251 e. The smallest absolute Gasteiger partial charge is 0.251 e. The molecule has 0 saturated carbocycles. The molecule has 2 aliphatic rings. The molecule has 0 fully saturated rings. The molecular weight excluding hydrogens is 244 g/mol. The predicted octanol–water partition coefficient (Wildman–Crippen LogP) is 0.508. The van der Waals surface area contributed by atoms with E-state index < -0.39 is 0 Å². The highest BCUT2D eigenvalue weighted by Crippen LogP contribution is 2.38. The SMILES string of the molecule is COCCNC(=O)c1cc2c3c(c1)CC(=O)N3CC2. The number of hydrogen-bond acceptors (Lipinski definition) is 3. The normalized spacial score (nSPS) is 15.8. The number of amides is 2. The molecular formula is C14H16N2O3. The van der Waals surface area contributed by atoms with Crippen molar-refractivity contribution in [1.29, 1.82) is 0 Å². The average Bonchev–Trinajstić information content (AvgIpc) is 2.95. The molecule has 0 saturated heterocycles. The van der Waals surface area contributed by atoms with Crippen LogP contribution >= 0.6 is 0 Å². The highest BCUT2D eigenvalue weighted by molar-refractivity contribution is 6.05. The highest BCUT2D eigenvalue weighted by Gasteiger charge is 2.34. The Kier molecular flexibility index (Phi) is 2.98. The van der Waals surface area contributed by atoms with Gasteiger partial charge in [-0.05, 0) is 29.7 Å². The van der Waals surface area contributed by atoms with E-state index in [1.165, 1.54) is 0 Å². The van der Waals surface area contributed by atoms with E-state index in [-0.39, 0.29) is 11.8 Å². The molecule has 3 rings (SSSR count). The van der Waals surface area contributed by atoms with Gasteiger partial charge in [-0.25, -0.2) is 0 Å². The van der Waals surface area contributed by atoms with Crippen molar-refractivity contribution in [1.82, 2.24) is 5.32 Å². The van der Waals surface area contributed by atoms with E-state index in [9.17, 15) is 9.59 Å². The first-order valence-corrected chi connectivity index (χ1v) is 6.44. The number of carbonyl (C=O) groups excluding carboxylic acids is 2. The quantitative estimate of drug-likeness (QED) is 0.802. The number of nitrogens with zero attached hydrogens (tertiary/aromatic N) is 1. The Morgan fingerprint density at radius 1 is 1.42 bits per heavy atom. The molecule has 2 heterocycles. The van der Waals surface area contributed by atoms with E-state index in [1.807, 2.05) is 17.0 Å². The number of hydrogen-bond donors (Lipinski definition) is 1. The maximum atomic E-state index is 12.0. The second-order valence-corrected chi connectivity index (χ2v) is 4.86. The molecule has 2 amide bonds. The zero-order valence-corrected chi connectivity index (χ0v) is 10.9. The Hall–Kier alpha value is -1.88. The zero-order chi connectivity index (χ0) is 13.4. The van der Waals surface area contributed by atoms with Crippen molar-refractivity contribution in [3.8, 4) is 0 Å². The van der Waals surface area contributed by atoms with Crippen LogP contribution in [0.2, 0.25) is 0 Å². The second kappa shape index (κ2) is 4.66. The number of nitrogens with one attached hydrogen (secondary N) is 1. The minimum atomic E-state index is -0.103. The van der Waals surface area contributed by atoms with Crippen LogP contribution in [0.15, 0.2) is 12.1 Å². The number of rotatable bonds is 4. The van der Waals surface area contributed by atoms with E-state index in [2.05, 4.69) is 5.32 Å². The van der Waals surface area contributed by atoms with Gasteiger partial charge in [0, 0.05) is 25.8 Å². The molecule has 19 heavy (non-hydrogen) atoms. The lowest BCUT2D eigenvalue weighted by atomic mass is 10.0. The van der Waals surface area contributed by atoms with Crippen LogP contribution in [0.25, 0.3) is 0 Å². The van der Waals surface area contributed by atoms with Crippen molar-refractivity contribution >= 4 is 17.5 Å². The summed E-state index contributed by atoms with van der Waals surface area (Å²) in [6.07, 6.45) is 1.26. The van der Waals surface area contributed by atoms with Crippen LogP contribution in [0, 0.1) is 0 Å².